The van der Waals surface area contributed by atoms with Gasteiger partial charge in [0.15, 0.2) is 0 Å². The van der Waals surface area contributed by atoms with Crippen LogP contribution >= 0.6 is 0 Å². The zero-order valence-electron chi connectivity index (χ0n) is 10.6. The molecule has 1 heterocycles. The molecule has 0 aromatic heterocycles. The van der Waals surface area contributed by atoms with Crippen LogP contribution in [-0.2, 0) is 9.59 Å². The summed E-state index contributed by atoms with van der Waals surface area (Å²) in [4.78, 5) is 36.3. The van der Waals surface area contributed by atoms with Crippen LogP contribution in [0.4, 0.5) is 0 Å². The fourth-order valence-electron chi connectivity index (χ4n) is 1.95. The van der Waals surface area contributed by atoms with Crippen molar-refractivity contribution in [3.05, 3.63) is 29.3 Å². The summed E-state index contributed by atoms with van der Waals surface area (Å²) in [5, 5.41) is 12.0. The average Bonchev–Trinajstić information content (AvgIpc) is 2.36. The van der Waals surface area contributed by atoms with Crippen LogP contribution < -0.4 is 5.32 Å². The van der Waals surface area contributed by atoms with Crippen LogP contribution in [0.5, 0.6) is 5.75 Å². The van der Waals surface area contributed by atoms with Gasteiger partial charge in [-0.3, -0.25) is 19.7 Å². The molecule has 2 N–H and O–H groups in total. The molecule has 0 saturated carbocycles. The van der Waals surface area contributed by atoms with Gasteiger partial charge in [0.25, 0.3) is 5.91 Å². The molecular weight excluding hydrogens is 248 g/mol. The van der Waals surface area contributed by atoms with Crippen molar-refractivity contribution in [2.24, 2.45) is 0 Å². The maximum Gasteiger partial charge on any atom is 0.258 e. The standard InChI is InChI=1S/C13H14N2O4/c1-7-4-3-5-9(11(7)17)13(19)15-6-10(16)14-12(18)8(15)2/h3-5,8,17H,6H2,1-2H3,(H,14,16,18). The van der Waals surface area contributed by atoms with Crippen molar-refractivity contribution in [1.29, 1.82) is 0 Å². The number of imide groups is 1. The van der Waals surface area contributed by atoms with Crippen LogP contribution in [-0.4, -0.2) is 40.3 Å². The number of aryl methyl sites for hydroxylation is 1. The first-order valence-electron chi connectivity index (χ1n) is 5.85. The van der Waals surface area contributed by atoms with Gasteiger partial charge < -0.3 is 10.0 Å². The normalized spacial score (nSPS) is 19.3. The highest BCUT2D eigenvalue weighted by Gasteiger charge is 2.34. The second-order valence-electron chi connectivity index (χ2n) is 4.49. The molecule has 0 bridgehead atoms. The van der Waals surface area contributed by atoms with E-state index < -0.39 is 23.8 Å². The second kappa shape index (κ2) is 4.72. The van der Waals surface area contributed by atoms with Crippen LogP contribution in [0.25, 0.3) is 0 Å². The minimum Gasteiger partial charge on any atom is -0.507 e. The van der Waals surface area contributed by atoms with Gasteiger partial charge in [-0.25, -0.2) is 0 Å². The second-order valence-corrected chi connectivity index (χ2v) is 4.49. The average molecular weight is 262 g/mol. The minimum absolute atomic E-state index is 0.0920. The Balaban J connectivity index is 2.35. The highest BCUT2D eigenvalue weighted by Crippen LogP contribution is 2.24. The molecule has 1 aromatic rings. The van der Waals surface area contributed by atoms with Gasteiger partial charge in [-0.05, 0) is 25.5 Å². The van der Waals surface area contributed by atoms with E-state index in [0.29, 0.717) is 5.56 Å². The number of hydrogen-bond acceptors (Lipinski definition) is 4. The molecule has 100 valence electrons. The van der Waals surface area contributed by atoms with Crippen molar-refractivity contribution in [2.45, 2.75) is 19.9 Å². The van der Waals surface area contributed by atoms with E-state index >= 15 is 0 Å². The van der Waals surface area contributed by atoms with Crippen molar-refractivity contribution >= 4 is 17.7 Å². The molecule has 1 aliphatic heterocycles. The predicted octanol–water partition coefficient (Wildman–Crippen LogP) is 0.188. The number of nitrogens with zero attached hydrogens (tertiary/aromatic N) is 1. The maximum atomic E-state index is 12.3. The Morgan fingerprint density at radius 3 is 2.79 bits per heavy atom. The summed E-state index contributed by atoms with van der Waals surface area (Å²) in [6.45, 7) is 3.01. The van der Waals surface area contributed by atoms with E-state index in [1.165, 1.54) is 13.0 Å². The van der Waals surface area contributed by atoms with Crippen molar-refractivity contribution < 1.29 is 19.5 Å². The number of benzene rings is 1. The van der Waals surface area contributed by atoms with Crippen LogP contribution in [0.3, 0.4) is 0 Å². The molecule has 0 radical (unpaired) electrons. The summed E-state index contributed by atoms with van der Waals surface area (Å²) >= 11 is 0. The zero-order chi connectivity index (χ0) is 14.2. The molecule has 6 heteroatoms. The summed E-state index contributed by atoms with van der Waals surface area (Å²) in [7, 11) is 0. The van der Waals surface area contributed by atoms with Crippen LogP contribution in [0, 0.1) is 6.92 Å². The predicted molar refractivity (Wildman–Crippen MR) is 66.5 cm³/mol. The van der Waals surface area contributed by atoms with Gasteiger partial charge in [-0.1, -0.05) is 12.1 Å². The monoisotopic (exact) mass is 262 g/mol. The third kappa shape index (κ3) is 2.29. The van der Waals surface area contributed by atoms with Gasteiger partial charge in [-0.2, -0.15) is 0 Å². The number of hydrogen-bond donors (Lipinski definition) is 2. The number of carbonyl (C=O) groups is 3. The Kier molecular flexibility index (Phi) is 3.25. The van der Waals surface area contributed by atoms with E-state index in [-0.39, 0.29) is 17.9 Å². The van der Waals surface area contributed by atoms with E-state index in [1.54, 1.807) is 19.1 Å². The van der Waals surface area contributed by atoms with Crippen molar-refractivity contribution in [3.63, 3.8) is 0 Å². The first kappa shape index (κ1) is 13.1. The lowest BCUT2D eigenvalue weighted by molar-refractivity contribution is -0.138. The number of para-hydroxylation sites is 1. The minimum atomic E-state index is -0.745. The van der Waals surface area contributed by atoms with Crippen LogP contribution in [0.1, 0.15) is 22.8 Å². The number of rotatable bonds is 1. The highest BCUT2D eigenvalue weighted by molar-refractivity contribution is 6.07. The molecule has 0 aliphatic carbocycles. The third-order valence-electron chi connectivity index (χ3n) is 3.15. The molecule has 1 aromatic carbocycles. The Morgan fingerprint density at radius 1 is 1.42 bits per heavy atom. The summed E-state index contributed by atoms with van der Waals surface area (Å²) in [5.41, 5.74) is 0.653. The number of aromatic hydroxyl groups is 1. The molecule has 1 saturated heterocycles. The van der Waals surface area contributed by atoms with Crippen molar-refractivity contribution in [1.82, 2.24) is 10.2 Å². The Labute approximate surface area is 110 Å². The van der Waals surface area contributed by atoms with Crippen LogP contribution in [0.2, 0.25) is 0 Å². The Hall–Kier alpha value is -2.37. The summed E-state index contributed by atoms with van der Waals surface area (Å²) in [6.07, 6.45) is 0. The fraction of sp³-hybridized carbons (Fsp3) is 0.308. The topological polar surface area (TPSA) is 86.7 Å². The molecule has 1 aliphatic rings. The highest BCUT2D eigenvalue weighted by atomic mass is 16.3. The molecule has 1 unspecified atom stereocenters. The van der Waals surface area contributed by atoms with Crippen molar-refractivity contribution in [3.8, 4) is 5.75 Å². The lowest BCUT2D eigenvalue weighted by Gasteiger charge is -2.31. The first-order chi connectivity index (χ1) is 8.91. The van der Waals surface area contributed by atoms with Gasteiger partial charge in [-0.15, -0.1) is 0 Å². The Morgan fingerprint density at radius 2 is 2.11 bits per heavy atom. The first-order valence-corrected chi connectivity index (χ1v) is 5.85. The third-order valence-corrected chi connectivity index (χ3v) is 3.15. The van der Waals surface area contributed by atoms with E-state index in [1.807, 2.05) is 0 Å². The quantitative estimate of drug-likeness (QED) is 0.707. The van der Waals surface area contributed by atoms with E-state index in [4.69, 9.17) is 0 Å². The molecule has 1 atom stereocenters. The van der Waals surface area contributed by atoms with Crippen molar-refractivity contribution in [2.75, 3.05) is 6.54 Å². The molecule has 3 amide bonds. The van der Waals surface area contributed by atoms with E-state index in [2.05, 4.69) is 5.32 Å². The van der Waals surface area contributed by atoms with Crippen LogP contribution in [0.15, 0.2) is 18.2 Å². The SMILES string of the molecule is Cc1cccc(C(=O)N2CC(=O)NC(=O)C2C)c1O. The largest absolute Gasteiger partial charge is 0.507 e. The number of nitrogens with one attached hydrogen (secondary N) is 1. The smallest absolute Gasteiger partial charge is 0.258 e. The molecule has 6 nitrogen and oxygen atoms in total. The number of phenols is 1. The van der Waals surface area contributed by atoms with E-state index in [9.17, 15) is 19.5 Å². The van der Waals surface area contributed by atoms with Gasteiger partial charge in [0.1, 0.15) is 18.3 Å². The summed E-state index contributed by atoms with van der Waals surface area (Å²) in [6, 6.07) is 4.03. The molecule has 19 heavy (non-hydrogen) atoms. The molecule has 0 spiro atoms. The maximum absolute atomic E-state index is 12.3. The number of piperazine rings is 1. The molecular formula is C13H14N2O4. The summed E-state index contributed by atoms with van der Waals surface area (Å²) < 4.78 is 0. The van der Waals surface area contributed by atoms with Gasteiger partial charge in [0.05, 0.1) is 5.56 Å². The lowest BCUT2D eigenvalue weighted by atomic mass is 10.1. The molecule has 1 fully saturated rings. The Bertz CT molecular complexity index is 568. The zero-order valence-corrected chi connectivity index (χ0v) is 10.6. The fourth-order valence-corrected chi connectivity index (χ4v) is 1.95. The number of amides is 3. The number of phenolic OH excluding ortho intramolecular Hbond substituents is 1. The number of carbonyl (C=O) groups excluding carboxylic acids is 3. The van der Waals surface area contributed by atoms with Gasteiger partial charge in [0, 0.05) is 0 Å². The van der Waals surface area contributed by atoms with Gasteiger partial charge >= 0.3 is 0 Å². The van der Waals surface area contributed by atoms with E-state index in [0.717, 1.165) is 4.90 Å². The summed E-state index contributed by atoms with van der Waals surface area (Å²) in [5.74, 6) is -1.70. The molecule has 2 rings (SSSR count). The van der Waals surface area contributed by atoms with Gasteiger partial charge in [0.2, 0.25) is 11.8 Å². The lowest BCUT2D eigenvalue weighted by Crippen LogP contribution is -2.58.